The van der Waals surface area contributed by atoms with E-state index >= 15 is 0 Å². The van der Waals surface area contributed by atoms with Gasteiger partial charge in [-0.1, -0.05) is 0 Å². The number of nitrogens with two attached hydrogens (primary N) is 2. The van der Waals surface area contributed by atoms with Crippen LogP contribution < -0.4 is 16.8 Å². The van der Waals surface area contributed by atoms with E-state index in [0.29, 0.717) is 0 Å². The van der Waals surface area contributed by atoms with Crippen molar-refractivity contribution >= 4 is 17.9 Å². The zero-order valence-electron chi connectivity index (χ0n) is 6.78. The lowest BCUT2D eigenvalue weighted by atomic mass is 10.6. The SMILES string of the molecule is N=C(N)NCC(=O)O.NCC(=O)O. The van der Waals surface area contributed by atoms with Crippen LogP contribution in [-0.4, -0.2) is 41.2 Å². The fraction of sp³-hybridized carbons (Fsp3) is 0.400. The van der Waals surface area contributed by atoms with Crippen molar-refractivity contribution in [3.8, 4) is 0 Å². The molecule has 0 amide bonds. The number of carboxylic acid groups (broad SMARTS) is 2. The van der Waals surface area contributed by atoms with E-state index < -0.39 is 11.9 Å². The zero-order chi connectivity index (χ0) is 10.9. The molecular formula is C5H12N4O4. The lowest BCUT2D eigenvalue weighted by Gasteiger charge is -1.95. The summed E-state index contributed by atoms with van der Waals surface area (Å²) >= 11 is 0. The van der Waals surface area contributed by atoms with E-state index in [0.717, 1.165) is 0 Å². The molecule has 0 rings (SSSR count). The summed E-state index contributed by atoms with van der Waals surface area (Å²) < 4.78 is 0. The molecule has 0 fully saturated rings. The van der Waals surface area contributed by atoms with Gasteiger partial charge in [0, 0.05) is 0 Å². The maximum atomic E-state index is 9.69. The molecule has 0 heterocycles. The summed E-state index contributed by atoms with van der Waals surface area (Å²) in [6, 6.07) is 0. The first-order chi connectivity index (χ1) is 5.90. The van der Waals surface area contributed by atoms with Crippen LogP contribution in [-0.2, 0) is 9.59 Å². The van der Waals surface area contributed by atoms with Crippen LogP contribution in [0, 0.1) is 5.41 Å². The molecule has 8 N–H and O–H groups in total. The van der Waals surface area contributed by atoms with E-state index in [4.69, 9.17) is 21.4 Å². The zero-order valence-corrected chi connectivity index (χ0v) is 6.78. The Labute approximate surface area is 74.0 Å². The van der Waals surface area contributed by atoms with Crippen LogP contribution in [0.2, 0.25) is 0 Å². The van der Waals surface area contributed by atoms with Gasteiger partial charge in [0.2, 0.25) is 0 Å². The fourth-order valence-electron chi connectivity index (χ4n) is 0.171. The predicted molar refractivity (Wildman–Crippen MR) is 44.2 cm³/mol. The van der Waals surface area contributed by atoms with Gasteiger partial charge in [-0.05, 0) is 0 Å². The van der Waals surface area contributed by atoms with Gasteiger partial charge >= 0.3 is 11.9 Å². The van der Waals surface area contributed by atoms with Crippen molar-refractivity contribution < 1.29 is 19.8 Å². The Morgan fingerprint density at radius 3 is 1.77 bits per heavy atom. The average molecular weight is 192 g/mol. The molecule has 0 spiro atoms. The highest BCUT2D eigenvalue weighted by Gasteiger charge is 1.92. The van der Waals surface area contributed by atoms with Crippen LogP contribution >= 0.6 is 0 Å². The lowest BCUT2D eigenvalue weighted by molar-refractivity contribution is -0.136. The van der Waals surface area contributed by atoms with E-state index in [2.05, 4.69) is 11.1 Å². The standard InChI is InChI=1S/C3H7N3O2.C2H5NO2/c4-3(5)6-1-2(7)8;3-1-2(4)5/h1H2,(H,7,8)(H4,4,5,6);1,3H2,(H,4,5). The van der Waals surface area contributed by atoms with Crippen molar-refractivity contribution in [2.75, 3.05) is 13.1 Å². The minimum atomic E-state index is -1.03. The highest BCUT2D eigenvalue weighted by molar-refractivity contribution is 5.79. The number of rotatable bonds is 3. The molecule has 0 aliphatic carbocycles. The van der Waals surface area contributed by atoms with Crippen molar-refractivity contribution in [2.24, 2.45) is 11.5 Å². The van der Waals surface area contributed by atoms with E-state index in [1.807, 2.05) is 0 Å². The van der Waals surface area contributed by atoms with Gasteiger partial charge in [0.05, 0.1) is 6.54 Å². The second-order valence-electron chi connectivity index (χ2n) is 1.76. The van der Waals surface area contributed by atoms with Crippen LogP contribution in [0.25, 0.3) is 0 Å². The molecule has 0 aromatic carbocycles. The number of carbonyl (C=O) groups is 2. The molecule has 0 bridgehead atoms. The maximum absolute atomic E-state index is 9.69. The van der Waals surface area contributed by atoms with Gasteiger partial charge in [-0.15, -0.1) is 0 Å². The first-order valence-corrected chi connectivity index (χ1v) is 3.11. The largest absolute Gasteiger partial charge is 0.480 e. The number of hydrogen-bond donors (Lipinski definition) is 6. The molecule has 0 atom stereocenters. The van der Waals surface area contributed by atoms with Gasteiger partial charge in [-0.3, -0.25) is 15.0 Å². The van der Waals surface area contributed by atoms with Crippen LogP contribution in [0.1, 0.15) is 0 Å². The van der Waals surface area contributed by atoms with Gasteiger partial charge in [0.15, 0.2) is 5.96 Å². The molecule has 0 aromatic heterocycles. The molecule has 0 saturated heterocycles. The molecule has 0 radical (unpaired) electrons. The summed E-state index contributed by atoms with van der Waals surface area (Å²) in [5, 5.41) is 24.1. The topological polar surface area (TPSA) is 163 Å². The van der Waals surface area contributed by atoms with Crippen molar-refractivity contribution in [1.82, 2.24) is 5.32 Å². The van der Waals surface area contributed by atoms with Gasteiger partial charge in [-0.2, -0.15) is 0 Å². The Bertz CT molecular complexity index is 179. The van der Waals surface area contributed by atoms with Crippen molar-refractivity contribution in [3.63, 3.8) is 0 Å². The van der Waals surface area contributed by atoms with E-state index in [1.54, 1.807) is 0 Å². The molecule has 0 aliphatic rings. The minimum Gasteiger partial charge on any atom is -0.480 e. The molecule has 13 heavy (non-hydrogen) atoms. The number of aliphatic carboxylic acids is 2. The summed E-state index contributed by atoms with van der Waals surface area (Å²) in [6.45, 7) is -0.574. The van der Waals surface area contributed by atoms with Gasteiger partial charge in [0.25, 0.3) is 0 Å². The van der Waals surface area contributed by atoms with Crippen molar-refractivity contribution in [1.29, 1.82) is 5.41 Å². The quantitative estimate of drug-likeness (QED) is 0.214. The molecular weight excluding hydrogens is 180 g/mol. The highest BCUT2D eigenvalue weighted by atomic mass is 16.4. The molecule has 0 unspecified atom stereocenters. The van der Waals surface area contributed by atoms with Crippen molar-refractivity contribution in [3.05, 3.63) is 0 Å². The Morgan fingerprint density at radius 2 is 1.69 bits per heavy atom. The van der Waals surface area contributed by atoms with Crippen molar-refractivity contribution in [2.45, 2.75) is 0 Å². The van der Waals surface area contributed by atoms with E-state index in [9.17, 15) is 9.59 Å². The Balaban J connectivity index is 0. The maximum Gasteiger partial charge on any atom is 0.322 e. The average Bonchev–Trinajstić information content (AvgIpc) is 2.02. The number of guanidine groups is 1. The number of carboxylic acids is 2. The monoisotopic (exact) mass is 192 g/mol. The second kappa shape index (κ2) is 8.27. The van der Waals surface area contributed by atoms with Crippen LogP contribution in [0.5, 0.6) is 0 Å². The Hall–Kier alpha value is -1.83. The second-order valence-corrected chi connectivity index (χ2v) is 1.76. The third-order valence-electron chi connectivity index (χ3n) is 0.605. The molecule has 0 aliphatic heterocycles. The van der Waals surface area contributed by atoms with E-state index in [-0.39, 0.29) is 19.0 Å². The normalized spacial score (nSPS) is 7.77. The summed E-state index contributed by atoms with van der Waals surface area (Å²) in [5.74, 6) is -2.32. The van der Waals surface area contributed by atoms with Gasteiger partial charge < -0.3 is 27.0 Å². The molecule has 8 heteroatoms. The van der Waals surface area contributed by atoms with Crippen LogP contribution in [0.15, 0.2) is 0 Å². The lowest BCUT2D eigenvalue weighted by Crippen LogP contribution is -2.34. The first kappa shape index (κ1) is 13.7. The first-order valence-electron chi connectivity index (χ1n) is 3.11. The fourth-order valence-corrected chi connectivity index (χ4v) is 0.171. The molecule has 0 aromatic rings. The smallest absolute Gasteiger partial charge is 0.322 e. The summed E-state index contributed by atoms with van der Waals surface area (Å²) in [4.78, 5) is 18.9. The minimum absolute atomic E-state index is 0.278. The summed E-state index contributed by atoms with van der Waals surface area (Å²) in [6.07, 6.45) is 0. The summed E-state index contributed by atoms with van der Waals surface area (Å²) in [5.41, 5.74) is 9.32. The number of nitrogens with one attached hydrogen (secondary N) is 2. The highest BCUT2D eigenvalue weighted by Crippen LogP contribution is 1.55. The Kier molecular flexibility index (Phi) is 8.74. The van der Waals surface area contributed by atoms with Gasteiger partial charge in [0.1, 0.15) is 6.54 Å². The van der Waals surface area contributed by atoms with Gasteiger partial charge in [-0.25, -0.2) is 0 Å². The molecule has 0 saturated carbocycles. The number of hydrogen-bond acceptors (Lipinski definition) is 4. The third-order valence-corrected chi connectivity index (χ3v) is 0.605. The predicted octanol–water partition coefficient (Wildman–Crippen LogP) is -2.42. The van der Waals surface area contributed by atoms with E-state index in [1.165, 1.54) is 0 Å². The third kappa shape index (κ3) is 25.4. The van der Waals surface area contributed by atoms with Crippen LogP contribution in [0.3, 0.4) is 0 Å². The molecule has 8 nitrogen and oxygen atoms in total. The van der Waals surface area contributed by atoms with Crippen LogP contribution in [0.4, 0.5) is 0 Å². The Morgan fingerprint density at radius 1 is 1.31 bits per heavy atom. The summed E-state index contributed by atoms with van der Waals surface area (Å²) in [7, 11) is 0. The molecule has 76 valence electrons.